The number of fused-ring (bicyclic) bond motifs is 1. The second kappa shape index (κ2) is 7.87. The van der Waals surface area contributed by atoms with Crippen LogP contribution in [0.5, 0.6) is 0 Å². The van der Waals surface area contributed by atoms with E-state index in [4.69, 9.17) is 4.74 Å². The second-order valence-electron chi connectivity index (χ2n) is 7.01. The van der Waals surface area contributed by atoms with E-state index in [0.29, 0.717) is 20.6 Å². The van der Waals surface area contributed by atoms with Crippen molar-refractivity contribution in [2.45, 2.75) is 33.4 Å². The van der Waals surface area contributed by atoms with E-state index in [-0.39, 0.29) is 5.56 Å². The van der Waals surface area contributed by atoms with Gasteiger partial charge in [-0.2, -0.15) is 5.10 Å². The van der Waals surface area contributed by atoms with Crippen LogP contribution in [0.1, 0.15) is 36.7 Å². The molecule has 0 unspecified atom stereocenters. The minimum atomic E-state index is -0.587. The van der Waals surface area contributed by atoms with E-state index in [9.17, 15) is 9.59 Å². The summed E-state index contributed by atoms with van der Waals surface area (Å²) in [5.41, 5.74) is 3.31. The predicted octanol–water partition coefficient (Wildman–Crippen LogP) is 1.93. The van der Waals surface area contributed by atoms with E-state index in [1.54, 1.807) is 11.5 Å². The molecule has 0 radical (unpaired) electrons. The lowest BCUT2D eigenvalue weighted by atomic mass is 9.96. The highest BCUT2D eigenvalue weighted by Gasteiger charge is 2.32. The molecular weight excluding hydrogens is 400 g/mol. The summed E-state index contributed by atoms with van der Waals surface area (Å²) in [6.07, 6.45) is 3.77. The molecule has 0 aliphatic carbocycles. The number of allylic oxidation sites excluding steroid dienone is 1. The number of hydrogen-bond acceptors (Lipinski definition) is 6. The number of benzene rings is 1. The van der Waals surface area contributed by atoms with Gasteiger partial charge in [0.25, 0.3) is 5.56 Å². The first-order chi connectivity index (χ1) is 14.4. The first-order valence-corrected chi connectivity index (χ1v) is 10.5. The maximum atomic E-state index is 13.4. The largest absolute Gasteiger partial charge is 0.466 e. The SMILES string of the molecule is CCn1cc(/C=c2/sc3n(c2=O)[C@@H](c2ccccc2)C(C(=O)OC)=C(C)N=3)c(C)n1. The summed E-state index contributed by atoms with van der Waals surface area (Å²) in [7, 11) is 1.34. The zero-order valence-corrected chi connectivity index (χ0v) is 18.1. The first-order valence-electron chi connectivity index (χ1n) is 9.64. The summed E-state index contributed by atoms with van der Waals surface area (Å²) < 4.78 is 8.99. The molecule has 154 valence electrons. The highest BCUT2D eigenvalue weighted by Crippen LogP contribution is 2.30. The number of aryl methyl sites for hydroxylation is 2. The molecule has 0 saturated carbocycles. The van der Waals surface area contributed by atoms with E-state index < -0.39 is 12.0 Å². The molecule has 4 rings (SSSR count). The van der Waals surface area contributed by atoms with Crippen molar-refractivity contribution < 1.29 is 9.53 Å². The number of hydrogen-bond donors (Lipinski definition) is 0. The molecule has 8 heteroatoms. The maximum absolute atomic E-state index is 13.4. The summed E-state index contributed by atoms with van der Waals surface area (Å²) >= 11 is 1.31. The van der Waals surface area contributed by atoms with Crippen LogP contribution in [0.3, 0.4) is 0 Å². The molecule has 0 amide bonds. The van der Waals surface area contributed by atoms with Crippen molar-refractivity contribution in [3.8, 4) is 0 Å². The molecule has 0 fully saturated rings. The summed E-state index contributed by atoms with van der Waals surface area (Å²) in [5, 5.41) is 4.45. The fraction of sp³-hybridized carbons (Fsp3) is 0.273. The normalized spacial score (nSPS) is 16.4. The molecule has 3 aromatic rings. The number of aromatic nitrogens is 3. The molecule has 0 N–H and O–H groups in total. The van der Waals surface area contributed by atoms with Gasteiger partial charge in [-0.25, -0.2) is 9.79 Å². The monoisotopic (exact) mass is 422 g/mol. The second-order valence-corrected chi connectivity index (χ2v) is 8.02. The Morgan fingerprint density at radius 3 is 2.63 bits per heavy atom. The third-order valence-corrected chi connectivity index (χ3v) is 6.12. The van der Waals surface area contributed by atoms with Crippen molar-refractivity contribution in [3.63, 3.8) is 0 Å². The Hall–Kier alpha value is -3.26. The van der Waals surface area contributed by atoms with Crippen LogP contribution in [0.15, 0.2) is 57.6 Å². The fourth-order valence-corrected chi connectivity index (χ4v) is 4.66. The molecule has 30 heavy (non-hydrogen) atoms. The molecule has 0 bridgehead atoms. The van der Waals surface area contributed by atoms with Crippen LogP contribution in [0.2, 0.25) is 0 Å². The number of ether oxygens (including phenoxy) is 1. The Balaban J connectivity index is 1.97. The van der Waals surface area contributed by atoms with Crippen molar-refractivity contribution in [2.24, 2.45) is 4.99 Å². The van der Waals surface area contributed by atoms with E-state index in [0.717, 1.165) is 23.4 Å². The van der Waals surface area contributed by atoms with Gasteiger partial charge in [-0.05, 0) is 32.4 Å². The lowest BCUT2D eigenvalue weighted by molar-refractivity contribution is -0.136. The molecular formula is C22H22N4O3S. The standard InChI is InChI=1S/C22H22N4O3S/c1-5-25-12-16(13(2)24-25)11-17-20(27)26-19(15-9-7-6-8-10-15)18(21(28)29-4)14(3)23-22(26)30-17/h6-12,19H,5H2,1-4H3/b17-11+/t19-/m0/s1. The zero-order chi connectivity index (χ0) is 21.4. The third-order valence-electron chi connectivity index (χ3n) is 5.14. The number of methoxy groups -OCH3 is 1. The number of carbonyl (C=O) groups excluding carboxylic acids is 1. The zero-order valence-electron chi connectivity index (χ0n) is 17.2. The van der Waals surface area contributed by atoms with Crippen LogP contribution < -0.4 is 14.9 Å². The summed E-state index contributed by atoms with van der Waals surface area (Å²) in [6.45, 7) is 6.46. The van der Waals surface area contributed by atoms with E-state index in [2.05, 4.69) is 10.1 Å². The van der Waals surface area contributed by atoms with Crippen molar-refractivity contribution in [1.82, 2.24) is 14.3 Å². The topological polar surface area (TPSA) is 78.5 Å². The average Bonchev–Trinajstić information content (AvgIpc) is 3.26. The van der Waals surface area contributed by atoms with Gasteiger partial charge in [-0.1, -0.05) is 41.7 Å². The molecule has 1 aromatic carbocycles. The lowest BCUT2D eigenvalue weighted by Gasteiger charge is -2.24. The lowest BCUT2D eigenvalue weighted by Crippen LogP contribution is -2.39. The van der Waals surface area contributed by atoms with Crippen molar-refractivity contribution >= 4 is 23.4 Å². The molecule has 2 aromatic heterocycles. The van der Waals surface area contributed by atoms with Gasteiger partial charge in [0.15, 0.2) is 4.80 Å². The quantitative estimate of drug-likeness (QED) is 0.602. The number of thiazole rings is 1. The Kier molecular flexibility index (Phi) is 5.26. The van der Waals surface area contributed by atoms with Gasteiger partial charge in [-0.15, -0.1) is 0 Å². The fourth-order valence-electron chi connectivity index (χ4n) is 3.62. The molecule has 0 spiro atoms. The molecule has 1 atom stereocenters. The van der Waals surface area contributed by atoms with Gasteiger partial charge in [0.2, 0.25) is 0 Å². The van der Waals surface area contributed by atoms with Crippen LogP contribution in [0, 0.1) is 6.92 Å². The smallest absolute Gasteiger partial charge is 0.338 e. The molecule has 1 aliphatic heterocycles. The van der Waals surface area contributed by atoms with Gasteiger partial charge in [-0.3, -0.25) is 14.0 Å². The molecule has 0 saturated heterocycles. The minimum Gasteiger partial charge on any atom is -0.466 e. The number of nitrogens with zero attached hydrogens (tertiary/aromatic N) is 4. The maximum Gasteiger partial charge on any atom is 0.338 e. The van der Waals surface area contributed by atoms with Gasteiger partial charge in [0, 0.05) is 18.3 Å². The van der Waals surface area contributed by atoms with Crippen molar-refractivity contribution in [1.29, 1.82) is 0 Å². The van der Waals surface area contributed by atoms with Crippen LogP contribution in [-0.2, 0) is 16.1 Å². The number of esters is 1. The van der Waals surface area contributed by atoms with Crippen molar-refractivity contribution in [3.05, 3.63) is 84.3 Å². The van der Waals surface area contributed by atoms with Crippen LogP contribution in [-0.4, -0.2) is 27.4 Å². The molecule has 1 aliphatic rings. The summed E-state index contributed by atoms with van der Waals surface area (Å²) in [6, 6.07) is 8.89. The predicted molar refractivity (Wildman–Crippen MR) is 115 cm³/mol. The van der Waals surface area contributed by atoms with Crippen molar-refractivity contribution in [2.75, 3.05) is 7.11 Å². The van der Waals surface area contributed by atoms with Gasteiger partial charge < -0.3 is 4.74 Å². The minimum absolute atomic E-state index is 0.190. The Morgan fingerprint density at radius 2 is 2.00 bits per heavy atom. The van der Waals surface area contributed by atoms with Crippen LogP contribution in [0.25, 0.3) is 6.08 Å². The number of rotatable bonds is 4. The van der Waals surface area contributed by atoms with Crippen LogP contribution >= 0.6 is 11.3 Å². The first kappa shape index (κ1) is 20.0. The van der Waals surface area contributed by atoms with Gasteiger partial charge in [0.1, 0.15) is 0 Å². The van der Waals surface area contributed by atoms with Gasteiger partial charge >= 0.3 is 5.97 Å². The summed E-state index contributed by atoms with van der Waals surface area (Å²) in [4.78, 5) is 31.1. The Morgan fingerprint density at radius 1 is 1.27 bits per heavy atom. The third kappa shape index (κ3) is 3.33. The highest BCUT2D eigenvalue weighted by atomic mass is 32.1. The summed E-state index contributed by atoms with van der Waals surface area (Å²) in [5.74, 6) is -0.487. The van der Waals surface area contributed by atoms with E-state index in [1.807, 2.05) is 61.1 Å². The van der Waals surface area contributed by atoms with Crippen LogP contribution in [0.4, 0.5) is 0 Å². The Labute approximate surface area is 177 Å². The van der Waals surface area contributed by atoms with Gasteiger partial charge in [0.05, 0.1) is 34.6 Å². The average molecular weight is 423 g/mol. The number of carbonyl (C=O) groups is 1. The van der Waals surface area contributed by atoms with E-state index >= 15 is 0 Å². The molecule has 3 heterocycles. The Bertz CT molecular complexity index is 1330. The van der Waals surface area contributed by atoms with E-state index in [1.165, 1.54) is 18.4 Å². The molecule has 7 nitrogen and oxygen atoms in total. The highest BCUT2D eigenvalue weighted by molar-refractivity contribution is 7.07.